The summed E-state index contributed by atoms with van der Waals surface area (Å²) in [6.45, 7) is 0.245. The van der Waals surface area contributed by atoms with Crippen LogP contribution in [0.5, 0.6) is 5.75 Å². The fraction of sp³-hybridized carbons (Fsp3) is 0.429. The summed E-state index contributed by atoms with van der Waals surface area (Å²) in [4.78, 5) is 22.1. The van der Waals surface area contributed by atoms with Crippen LogP contribution in [0.15, 0.2) is 24.3 Å². The maximum Gasteiger partial charge on any atom is 0.322 e. The summed E-state index contributed by atoms with van der Waals surface area (Å²) in [5.74, 6) is -0.217. The summed E-state index contributed by atoms with van der Waals surface area (Å²) in [6, 6.07) is 6.68. The first-order chi connectivity index (χ1) is 9.52. The van der Waals surface area contributed by atoms with Crippen LogP contribution in [0.4, 0.5) is 0 Å². The highest BCUT2D eigenvalue weighted by atomic mass is 16.5. The first kappa shape index (κ1) is 16.0. The first-order valence-electron chi connectivity index (χ1n) is 6.36. The van der Waals surface area contributed by atoms with E-state index in [9.17, 15) is 9.59 Å². The highest BCUT2D eigenvalue weighted by molar-refractivity contribution is 5.78. The minimum absolute atomic E-state index is 0.0781. The number of methoxy groups -OCH3 is 1. The van der Waals surface area contributed by atoms with Crippen molar-refractivity contribution in [3.63, 3.8) is 0 Å². The van der Waals surface area contributed by atoms with Gasteiger partial charge in [0.15, 0.2) is 0 Å². The molecule has 1 aromatic carbocycles. The normalized spacial score (nSPS) is 11.7. The van der Waals surface area contributed by atoms with Crippen molar-refractivity contribution in [2.45, 2.75) is 25.3 Å². The number of nitrogens with two attached hydrogens (primary N) is 2. The maximum absolute atomic E-state index is 11.5. The minimum atomic E-state index is -0.807. The van der Waals surface area contributed by atoms with Crippen molar-refractivity contribution in [2.24, 2.45) is 11.5 Å². The predicted molar refractivity (Wildman–Crippen MR) is 74.1 cm³/mol. The molecule has 0 heterocycles. The second-order valence-electron chi connectivity index (χ2n) is 4.38. The lowest BCUT2D eigenvalue weighted by molar-refractivity contribution is -0.145. The van der Waals surface area contributed by atoms with Gasteiger partial charge in [0, 0.05) is 12.8 Å². The summed E-state index contributed by atoms with van der Waals surface area (Å²) < 4.78 is 10.1. The van der Waals surface area contributed by atoms with E-state index in [-0.39, 0.29) is 19.4 Å². The number of carbonyl (C=O) groups excluding carboxylic acids is 2. The topological polar surface area (TPSA) is 105 Å². The van der Waals surface area contributed by atoms with Gasteiger partial charge in [0.25, 0.3) is 0 Å². The van der Waals surface area contributed by atoms with Crippen LogP contribution < -0.4 is 16.2 Å². The summed E-state index contributed by atoms with van der Waals surface area (Å²) >= 11 is 0. The molecule has 0 radical (unpaired) electrons. The van der Waals surface area contributed by atoms with E-state index < -0.39 is 17.9 Å². The molecule has 6 nitrogen and oxygen atoms in total. The number of hydrogen-bond acceptors (Lipinski definition) is 5. The van der Waals surface area contributed by atoms with Crippen molar-refractivity contribution in [2.75, 3.05) is 13.7 Å². The number of primary amides is 1. The van der Waals surface area contributed by atoms with Crippen LogP contribution in [0.3, 0.4) is 0 Å². The van der Waals surface area contributed by atoms with Gasteiger partial charge in [-0.2, -0.15) is 0 Å². The molecule has 1 rings (SSSR count). The van der Waals surface area contributed by atoms with Gasteiger partial charge in [-0.15, -0.1) is 0 Å². The Bertz CT molecular complexity index is 445. The number of carbonyl (C=O) groups is 2. The molecule has 0 aliphatic heterocycles. The Kier molecular flexibility index (Phi) is 6.52. The molecule has 0 aliphatic rings. The smallest absolute Gasteiger partial charge is 0.322 e. The van der Waals surface area contributed by atoms with E-state index in [2.05, 4.69) is 0 Å². The summed E-state index contributed by atoms with van der Waals surface area (Å²) in [6.07, 6.45) is 0.879. The van der Waals surface area contributed by atoms with Crippen LogP contribution >= 0.6 is 0 Å². The number of rotatable bonds is 8. The molecule has 4 N–H and O–H groups in total. The van der Waals surface area contributed by atoms with Crippen molar-refractivity contribution in [1.29, 1.82) is 0 Å². The molecule has 110 valence electrons. The van der Waals surface area contributed by atoms with Gasteiger partial charge in [-0.25, -0.2) is 0 Å². The van der Waals surface area contributed by atoms with Crippen LogP contribution in [0.2, 0.25) is 0 Å². The van der Waals surface area contributed by atoms with E-state index in [4.69, 9.17) is 20.9 Å². The van der Waals surface area contributed by atoms with Crippen molar-refractivity contribution in [1.82, 2.24) is 0 Å². The Balaban J connectivity index is 2.28. The molecule has 0 aliphatic carbocycles. The lowest BCUT2D eigenvalue weighted by Crippen LogP contribution is -2.33. The molecule has 0 unspecified atom stereocenters. The van der Waals surface area contributed by atoms with E-state index in [0.29, 0.717) is 6.42 Å². The largest absolute Gasteiger partial charge is 0.497 e. The highest BCUT2D eigenvalue weighted by Crippen LogP contribution is 2.11. The average Bonchev–Trinajstić information content (AvgIpc) is 2.45. The molecule has 0 bridgehead atoms. The quantitative estimate of drug-likeness (QED) is 0.669. The molecular weight excluding hydrogens is 260 g/mol. The lowest BCUT2D eigenvalue weighted by Gasteiger charge is -2.10. The minimum Gasteiger partial charge on any atom is -0.497 e. The zero-order chi connectivity index (χ0) is 15.0. The van der Waals surface area contributed by atoms with Crippen LogP contribution in [-0.4, -0.2) is 31.6 Å². The third kappa shape index (κ3) is 5.71. The maximum atomic E-state index is 11.5. The molecule has 1 atom stereocenters. The molecule has 0 fully saturated rings. The SMILES string of the molecule is COc1ccc(CCOC(=O)[C@@H](N)CCC(N)=O)cc1. The van der Waals surface area contributed by atoms with Crippen molar-refractivity contribution < 1.29 is 19.1 Å². The van der Waals surface area contributed by atoms with Gasteiger partial charge in [0.2, 0.25) is 5.91 Å². The fourth-order valence-electron chi connectivity index (χ4n) is 1.58. The Labute approximate surface area is 118 Å². The molecule has 6 heteroatoms. The third-order valence-corrected chi connectivity index (χ3v) is 2.80. The molecule has 0 saturated heterocycles. The van der Waals surface area contributed by atoms with Gasteiger partial charge in [0.1, 0.15) is 11.8 Å². The van der Waals surface area contributed by atoms with Gasteiger partial charge in [-0.1, -0.05) is 12.1 Å². The lowest BCUT2D eigenvalue weighted by atomic mass is 10.1. The number of esters is 1. The molecule has 1 amide bonds. The van der Waals surface area contributed by atoms with Crippen LogP contribution in [0.1, 0.15) is 18.4 Å². The van der Waals surface area contributed by atoms with E-state index in [1.807, 2.05) is 24.3 Å². The number of hydrogen-bond donors (Lipinski definition) is 2. The summed E-state index contributed by atoms with van der Waals surface area (Å²) in [5, 5.41) is 0. The van der Waals surface area contributed by atoms with Gasteiger partial charge in [0.05, 0.1) is 13.7 Å². The second-order valence-corrected chi connectivity index (χ2v) is 4.38. The number of ether oxygens (including phenoxy) is 2. The molecule has 0 spiro atoms. The molecular formula is C14H20N2O4. The van der Waals surface area contributed by atoms with Gasteiger partial charge in [-0.3, -0.25) is 9.59 Å². The summed E-state index contributed by atoms with van der Waals surface area (Å²) in [7, 11) is 1.60. The Hall–Kier alpha value is -2.08. The van der Waals surface area contributed by atoms with Gasteiger partial charge < -0.3 is 20.9 Å². The molecule has 1 aromatic rings. The standard InChI is InChI=1S/C14H20N2O4/c1-19-11-4-2-10(3-5-11)8-9-20-14(18)12(15)6-7-13(16)17/h2-5,12H,6-9,15H2,1H3,(H2,16,17)/t12-/m0/s1. The van der Waals surface area contributed by atoms with Crippen LogP contribution in [0, 0.1) is 0 Å². The molecule has 0 aromatic heterocycles. The Morgan fingerprint density at radius 2 is 1.90 bits per heavy atom. The van der Waals surface area contributed by atoms with Crippen LogP contribution in [-0.2, 0) is 20.7 Å². The monoisotopic (exact) mass is 280 g/mol. The summed E-state index contributed by atoms with van der Waals surface area (Å²) in [5.41, 5.74) is 11.6. The van der Waals surface area contributed by atoms with E-state index >= 15 is 0 Å². The van der Waals surface area contributed by atoms with E-state index in [1.54, 1.807) is 7.11 Å². The van der Waals surface area contributed by atoms with Crippen LogP contribution in [0.25, 0.3) is 0 Å². The first-order valence-corrected chi connectivity index (χ1v) is 6.36. The number of amides is 1. The molecule has 0 saturated carbocycles. The predicted octanol–water partition coefficient (Wildman–Crippen LogP) is 0.374. The Morgan fingerprint density at radius 3 is 2.45 bits per heavy atom. The highest BCUT2D eigenvalue weighted by Gasteiger charge is 2.15. The van der Waals surface area contributed by atoms with E-state index in [1.165, 1.54) is 0 Å². The van der Waals surface area contributed by atoms with Crippen molar-refractivity contribution in [3.8, 4) is 5.75 Å². The van der Waals surface area contributed by atoms with Crippen molar-refractivity contribution >= 4 is 11.9 Å². The van der Waals surface area contributed by atoms with Gasteiger partial charge >= 0.3 is 5.97 Å². The molecule has 20 heavy (non-hydrogen) atoms. The Morgan fingerprint density at radius 1 is 1.25 bits per heavy atom. The van der Waals surface area contributed by atoms with Crippen molar-refractivity contribution in [3.05, 3.63) is 29.8 Å². The van der Waals surface area contributed by atoms with Gasteiger partial charge in [-0.05, 0) is 24.1 Å². The average molecular weight is 280 g/mol. The zero-order valence-electron chi connectivity index (χ0n) is 11.5. The van der Waals surface area contributed by atoms with E-state index in [0.717, 1.165) is 11.3 Å². The second kappa shape index (κ2) is 8.16. The fourth-order valence-corrected chi connectivity index (χ4v) is 1.58. The number of benzene rings is 1. The third-order valence-electron chi connectivity index (χ3n) is 2.80. The zero-order valence-corrected chi connectivity index (χ0v) is 11.5.